The van der Waals surface area contributed by atoms with Gasteiger partial charge in [-0.3, -0.25) is 0 Å². The molecule has 2 aromatic heterocycles. The monoisotopic (exact) mass is 305 g/mol. The summed E-state index contributed by atoms with van der Waals surface area (Å²) in [7, 11) is 0. The van der Waals surface area contributed by atoms with E-state index in [2.05, 4.69) is 55.0 Å². The fourth-order valence-corrected chi connectivity index (χ4v) is 2.82. The molecular formula is C15H23N5S. The average molecular weight is 305 g/mol. The zero-order valence-corrected chi connectivity index (χ0v) is 14.1. The van der Waals surface area contributed by atoms with Crippen LogP contribution in [0.3, 0.4) is 0 Å². The number of nitrogens with one attached hydrogen (secondary N) is 1. The molecule has 114 valence electrons. The van der Waals surface area contributed by atoms with Crippen molar-refractivity contribution >= 4 is 17.2 Å². The van der Waals surface area contributed by atoms with Crippen molar-refractivity contribution in [3.63, 3.8) is 0 Å². The number of rotatable bonds is 4. The van der Waals surface area contributed by atoms with Crippen LogP contribution in [0.4, 0.5) is 5.82 Å². The minimum atomic E-state index is 0.0351. The summed E-state index contributed by atoms with van der Waals surface area (Å²) in [6.45, 7) is 10.8. The number of hydrogen-bond acceptors (Lipinski definition) is 6. The van der Waals surface area contributed by atoms with E-state index in [-0.39, 0.29) is 5.41 Å². The van der Waals surface area contributed by atoms with Gasteiger partial charge in [0.25, 0.3) is 0 Å². The van der Waals surface area contributed by atoms with Crippen LogP contribution in [0.2, 0.25) is 0 Å². The average Bonchev–Trinajstić information content (AvgIpc) is 2.86. The third-order valence-corrected chi connectivity index (χ3v) is 4.19. The molecule has 0 radical (unpaired) electrons. The molecule has 2 aromatic rings. The predicted octanol–water partition coefficient (Wildman–Crippen LogP) is 3.38. The lowest BCUT2D eigenvalue weighted by Gasteiger charge is -2.13. The highest BCUT2D eigenvalue weighted by atomic mass is 32.1. The number of hydrogen-bond donors (Lipinski definition) is 2. The van der Waals surface area contributed by atoms with Gasteiger partial charge in [0.1, 0.15) is 11.5 Å². The number of hydrazine groups is 1. The SMILES string of the molecule is CC(C)Cc1cc(NN)nc(-c2csc(C(C)(C)C)n2)n1. The highest BCUT2D eigenvalue weighted by Crippen LogP contribution is 2.29. The van der Waals surface area contributed by atoms with Gasteiger partial charge < -0.3 is 5.43 Å². The molecule has 0 saturated carbocycles. The first kappa shape index (κ1) is 15.9. The van der Waals surface area contributed by atoms with Crippen molar-refractivity contribution in [2.24, 2.45) is 11.8 Å². The van der Waals surface area contributed by atoms with Crippen molar-refractivity contribution in [2.45, 2.75) is 46.5 Å². The number of nitrogens with zero attached hydrogens (tertiary/aromatic N) is 3. The molecule has 6 heteroatoms. The largest absolute Gasteiger partial charge is 0.308 e. The number of anilines is 1. The fourth-order valence-electron chi connectivity index (χ4n) is 1.93. The summed E-state index contributed by atoms with van der Waals surface area (Å²) in [4.78, 5) is 13.7. The van der Waals surface area contributed by atoms with Crippen LogP contribution in [0.5, 0.6) is 0 Å². The topological polar surface area (TPSA) is 76.7 Å². The Kier molecular flexibility index (Phi) is 4.58. The second-order valence-corrected chi connectivity index (χ2v) is 7.46. The van der Waals surface area contributed by atoms with Gasteiger partial charge in [-0.15, -0.1) is 11.3 Å². The Morgan fingerprint density at radius 1 is 1.24 bits per heavy atom. The molecule has 0 aliphatic rings. The van der Waals surface area contributed by atoms with Crippen LogP contribution in [0.25, 0.3) is 11.5 Å². The number of nitrogens with two attached hydrogens (primary N) is 1. The summed E-state index contributed by atoms with van der Waals surface area (Å²) in [6.07, 6.45) is 0.889. The van der Waals surface area contributed by atoms with Gasteiger partial charge in [-0.25, -0.2) is 20.8 Å². The van der Waals surface area contributed by atoms with Crippen LogP contribution in [0, 0.1) is 5.92 Å². The molecule has 2 rings (SSSR count). The van der Waals surface area contributed by atoms with E-state index < -0.39 is 0 Å². The third kappa shape index (κ3) is 3.98. The third-order valence-electron chi connectivity index (χ3n) is 2.92. The molecule has 0 bridgehead atoms. The minimum absolute atomic E-state index is 0.0351. The first-order chi connectivity index (χ1) is 9.79. The van der Waals surface area contributed by atoms with E-state index in [1.807, 2.05) is 11.4 Å². The summed E-state index contributed by atoms with van der Waals surface area (Å²) in [5, 5.41) is 3.09. The summed E-state index contributed by atoms with van der Waals surface area (Å²) in [5.41, 5.74) is 4.44. The lowest BCUT2D eigenvalue weighted by atomic mass is 9.98. The maximum Gasteiger partial charge on any atom is 0.181 e. The Balaban J connectivity index is 2.40. The normalized spacial score (nSPS) is 12.0. The van der Waals surface area contributed by atoms with Gasteiger partial charge in [-0.1, -0.05) is 34.6 Å². The van der Waals surface area contributed by atoms with Crippen molar-refractivity contribution in [2.75, 3.05) is 5.43 Å². The molecule has 0 aliphatic heterocycles. The Morgan fingerprint density at radius 3 is 2.48 bits per heavy atom. The molecule has 0 fully saturated rings. The van der Waals surface area contributed by atoms with Crippen molar-refractivity contribution in [3.8, 4) is 11.5 Å². The van der Waals surface area contributed by atoms with E-state index in [0.29, 0.717) is 17.6 Å². The highest BCUT2D eigenvalue weighted by Gasteiger charge is 2.19. The molecule has 0 aliphatic carbocycles. The highest BCUT2D eigenvalue weighted by molar-refractivity contribution is 7.10. The van der Waals surface area contributed by atoms with E-state index in [1.165, 1.54) is 0 Å². The molecular weight excluding hydrogens is 282 g/mol. The summed E-state index contributed by atoms with van der Waals surface area (Å²) < 4.78 is 0. The van der Waals surface area contributed by atoms with E-state index in [9.17, 15) is 0 Å². The molecule has 5 nitrogen and oxygen atoms in total. The van der Waals surface area contributed by atoms with E-state index >= 15 is 0 Å². The second kappa shape index (κ2) is 6.07. The summed E-state index contributed by atoms with van der Waals surface area (Å²) in [5.74, 6) is 7.30. The van der Waals surface area contributed by atoms with Gasteiger partial charge in [0.2, 0.25) is 0 Å². The van der Waals surface area contributed by atoms with Crippen molar-refractivity contribution in [1.82, 2.24) is 15.0 Å². The molecule has 0 spiro atoms. The number of nitrogen functional groups attached to an aromatic ring is 1. The standard InChI is InChI=1S/C15H23N5S/c1-9(2)6-10-7-12(20-16)19-13(17-10)11-8-21-14(18-11)15(3,4)5/h7-9H,6,16H2,1-5H3,(H,17,19,20). The van der Waals surface area contributed by atoms with Crippen molar-refractivity contribution < 1.29 is 0 Å². The maximum absolute atomic E-state index is 5.51. The number of thiazole rings is 1. The zero-order chi connectivity index (χ0) is 15.6. The minimum Gasteiger partial charge on any atom is -0.308 e. The van der Waals surface area contributed by atoms with Crippen LogP contribution in [0.15, 0.2) is 11.4 Å². The van der Waals surface area contributed by atoms with E-state index in [0.717, 1.165) is 22.8 Å². The first-order valence-electron chi connectivity index (χ1n) is 7.10. The summed E-state index contributed by atoms with van der Waals surface area (Å²) >= 11 is 1.64. The van der Waals surface area contributed by atoms with Gasteiger partial charge >= 0.3 is 0 Å². The predicted molar refractivity (Wildman–Crippen MR) is 88.2 cm³/mol. The Hall–Kier alpha value is -1.53. The Bertz CT molecular complexity index is 613. The molecule has 3 N–H and O–H groups in total. The van der Waals surface area contributed by atoms with E-state index in [1.54, 1.807) is 11.3 Å². The van der Waals surface area contributed by atoms with E-state index in [4.69, 9.17) is 5.84 Å². The van der Waals surface area contributed by atoms with Crippen LogP contribution in [0.1, 0.15) is 45.3 Å². The molecule has 0 amide bonds. The maximum atomic E-state index is 5.51. The van der Waals surface area contributed by atoms with Gasteiger partial charge in [0.15, 0.2) is 5.82 Å². The van der Waals surface area contributed by atoms with Gasteiger partial charge in [-0.05, 0) is 12.3 Å². The summed E-state index contributed by atoms with van der Waals surface area (Å²) in [6, 6.07) is 1.89. The molecule has 0 atom stereocenters. The van der Waals surface area contributed by atoms with Gasteiger partial charge in [0.05, 0.1) is 5.01 Å². The van der Waals surface area contributed by atoms with Gasteiger partial charge in [-0.2, -0.15) is 0 Å². The fraction of sp³-hybridized carbons (Fsp3) is 0.533. The van der Waals surface area contributed by atoms with Crippen LogP contribution in [-0.4, -0.2) is 15.0 Å². The number of aromatic nitrogens is 3. The Labute approximate surface area is 130 Å². The molecule has 21 heavy (non-hydrogen) atoms. The second-order valence-electron chi connectivity index (χ2n) is 6.60. The first-order valence-corrected chi connectivity index (χ1v) is 7.98. The quantitative estimate of drug-likeness (QED) is 0.669. The van der Waals surface area contributed by atoms with Crippen LogP contribution >= 0.6 is 11.3 Å². The lowest BCUT2D eigenvalue weighted by molar-refractivity contribution is 0.585. The molecule has 0 aromatic carbocycles. The van der Waals surface area contributed by atoms with Crippen molar-refractivity contribution in [1.29, 1.82) is 0 Å². The Morgan fingerprint density at radius 2 is 1.95 bits per heavy atom. The smallest absolute Gasteiger partial charge is 0.181 e. The molecule has 0 saturated heterocycles. The molecule has 2 heterocycles. The van der Waals surface area contributed by atoms with Crippen molar-refractivity contribution in [3.05, 3.63) is 22.1 Å². The van der Waals surface area contributed by atoms with Crippen LogP contribution < -0.4 is 11.3 Å². The van der Waals surface area contributed by atoms with Gasteiger partial charge in [0, 0.05) is 22.6 Å². The van der Waals surface area contributed by atoms with Crippen LogP contribution in [-0.2, 0) is 11.8 Å². The molecule has 0 unspecified atom stereocenters. The zero-order valence-electron chi connectivity index (χ0n) is 13.3. The lowest BCUT2D eigenvalue weighted by Crippen LogP contribution is -2.12.